The minimum absolute atomic E-state index is 0.0663. The first kappa shape index (κ1) is 22.2. The van der Waals surface area contributed by atoms with Crippen molar-refractivity contribution in [2.45, 2.75) is 104 Å². The second kappa shape index (κ2) is 7.18. The summed E-state index contributed by atoms with van der Waals surface area (Å²) in [5.41, 5.74) is -0.366. The van der Waals surface area contributed by atoms with Crippen LogP contribution in [0.2, 0.25) is 0 Å². The molecule has 174 valence electrons. The largest absolute Gasteiger partial charge is 0.393 e. The summed E-state index contributed by atoms with van der Waals surface area (Å²) in [6.45, 7) is 14.4. The first-order valence-corrected chi connectivity index (χ1v) is 13.0. The van der Waals surface area contributed by atoms with Gasteiger partial charge in [-0.15, -0.1) is 0 Å². The molecule has 10 atom stereocenters. The van der Waals surface area contributed by atoms with Crippen LogP contribution in [-0.2, 0) is 9.78 Å². The molecule has 1 saturated heterocycles. The van der Waals surface area contributed by atoms with Gasteiger partial charge in [0.1, 0.15) is 11.2 Å². The minimum Gasteiger partial charge on any atom is -0.393 e. The molecule has 6 rings (SSSR count). The molecule has 0 aromatic rings. The Morgan fingerprint density at radius 2 is 1.68 bits per heavy atom. The SMILES string of the molecule is CC(C)[C@@H](C)/C=C/[C@@H](C)[C@H]1CC[C@H]2C34C=CC5(C[C@@H](O)CC[C@]5(C)[C@H]3CC[C@]12C)OO4. The monoisotopic (exact) mass is 428 g/mol. The van der Waals surface area contributed by atoms with Crippen molar-refractivity contribution in [3.8, 4) is 0 Å². The van der Waals surface area contributed by atoms with Crippen LogP contribution >= 0.6 is 0 Å². The Kier molecular flexibility index (Phi) is 5.13. The second-order valence-electron chi connectivity index (χ2n) is 12.7. The third-order valence-electron chi connectivity index (χ3n) is 11.1. The van der Waals surface area contributed by atoms with E-state index >= 15 is 0 Å². The van der Waals surface area contributed by atoms with Gasteiger partial charge >= 0.3 is 0 Å². The van der Waals surface area contributed by atoms with Gasteiger partial charge in [-0.3, -0.25) is 0 Å². The second-order valence-corrected chi connectivity index (χ2v) is 12.7. The highest BCUT2D eigenvalue weighted by Crippen LogP contribution is 2.72. The Labute approximate surface area is 189 Å². The highest BCUT2D eigenvalue weighted by molar-refractivity contribution is 5.33. The van der Waals surface area contributed by atoms with Gasteiger partial charge < -0.3 is 5.11 Å². The van der Waals surface area contributed by atoms with E-state index in [-0.39, 0.29) is 22.5 Å². The first-order chi connectivity index (χ1) is 14.6. The number of allylic oxidation sites excluding steroid dienone is 2. The molecule has 2 heterocycles. The van der Waals surface area contributed by atoms with Gasteiger partial charge in [-0.2, -0.15) is 0 Å². The summed E-state index contributed by atoms with van der Waals surface area (Å²) in [5, 5.41) is 10.4. The standard InChI is InChI=1S/C28H44O3/c1-18(2)19(3)7-8-20(4)22-9-10-23-25(22,5)13-12-24-26(6)14-11-21(29)17-27(26)15-16-28(23,24)31-30-27/h7-8,15-16,18-24,29H,9-14,17H2,1-6H3/b8-7+/t19-,20+,21-,22+,23+,24+,25+,26+,27?,28?/m0/s1. The average Bonchev–Trinajstić information content (AvgIpc) is 3.09. The third-order valence-corrected chi connectivity index (χ3v) is 11.1. The molecule has 0 aromatic heterocycles. The summed E-state index contributed by atoms with van der Waals surface area (Å²) in [4.78, 5) is 12.8. The van der Waals surface area contributed by atoms with Crippen molar-refractivity contribution in [3.05, 3.63) is 24.3 Å². The highest BCUT2D eigenvalue weighted by Gasteiger charge is 2.74. The van der Waals surface area contributed by atoms with Crippen LogP contribution in [0.25, 0.3) is 0 Å². The Balaban J connectivity index is 1.45. The van der Waals surface area contributed by atoms with Gasteiger partial charge in [-0.05, 0) is 73.7 Å². The van der Waals surface area contributed by atoms with E-state index in [4.69, 9.17) is 9.78 Å². The van der Waals surface area contributed by atoms with Crippen molar-refractivity contribution < 1.29 is 14.9 Å². The maximum Gasteiger partial charge on any atom is 0.130 e. The van der Waals surface area contributed by atoms with Crippen molar-refractivity contribution in [2.75, 3.05) is 0 Å². The summed E-state index contributed by atoms with van der Waals surface area (Å²) in [6.07, 6.45) is 17.0. The smallest absolute Gasteiger partial charge is 0.130 e. The fourth-order valence-electron chi connectivity index (χ4n) is 8.71. The van der Waals surface area contributed by atoms with Gasteiger partial charge in [0.15, 0.2) is 0 Å². The molecule has 0 amide bonds. The zero-order valence-electron chi connectivity index (χ0n) is 20.6. The van der Waals surface area contributed by atoms with Gasteiger partial charge in [0, 0.05) is 23.7 Å². The number of hydrogen-bond donors (Lipinski definition) is 1. The summed E-state index contributed by atoms with van der Waals surface area (Å²) >= 11 is 0. The number of hydrogen-bond acceptors (Lipinski definition) is 3. The lowest BCUT2D eigenvalue weighted by atomic mass is 9.43. The Hall–Kier alpha value is -0.640. The molecule has 0 radical (unpaired) electrons. The van der Waals surface area contributed by atoms with Gasteiger partial charge in [0.25, 0.3) is 0 Å². The lowest BCUT2D eigenvalue weighted by Gasteiger charge is -2.69. The minimum atomic E-state index is -0.439. The van der Waals surface area contributed by atoms with Crippen LogP contribution < -0.4 is 0 Å². The van der Waals surface area contributed by atoms with Crippen molar-refractivity contribution in [1.82, 2.24) is 0 Å². The van der Waals surface area contributed by atoms with Crippen LogP contribution in [0, 0.1) is 46.3 Å². The molecular weight excluding hydrogens is 384 g/mol. The molecule has 3 nitrogen and oxygen atoms in total. The van der Waals surface area contributed by atoms with Crippen LogP contribution in [0.4, 0.5) is 0 Å². The van der Waals surface area contributed by atoms with E-state index in [9.17, 15) is 5.11 Å². The van der Waals surface area contributed by atoms with Crippen LogP contribution in [-0.4, -0.2) is 22.4 Å². The van der Waals surface area contributed by atoms with E-state index in [1.165, 1.54) is 25.7 Å². The van der Waals surface area contributed by atoms with E-state index in [1.54, 1.807) is 0 Å². The molecule has 2 unspecified atom stereocenters. The van der Waals surface area contributed by atoms with Crippen LogP contribution in [0.1, 0.15) is 86.5 Å². The molecule has 0 aromatic carbocycles. The molecule has 1 N–H and O–H groups in total. The lowest BCUT2D eigenvalue weighted by Crippen LogP contribution is -2.73. The highest BCUT2D eigenvalue weighted by atomic mass is 17.2. The van der Waals surface area contributed by atoms with E-state index in [0.717, 1.165) is 12.8 Å². The summed E-state index contributed by atoms with van der Waals surface area (Å²) in [5.74, 6) is 3.64. The van der Waals surface area contributed by atoms with E-state index in [1.807, 2.05) is 0 Å². The molecule has 2 aliphatic heterocycles. The number of aliphatic hydroxyl groups excluding tert-OH is 1. The van der Waals surface area contributed by atoms with Crippen molar-refractivity contribution in [3.63, 3.8) is 0 Å². The Morgan fingerprint density at radius 1 is 0.903 bits per heavy atom. The predicted octanol–water partition coefficient (Wildman–Crippen LogP) is 6.47. The third kappa shape index (κ3) is 2.88. The van der Waals surface area contributed by atoms with E-state index in [2.05, 4.69) is 65.8 Å². The molecule has 3 heteroatoms. The Bertz CT molecular complexity index is 772. The normalized spacial score (nSPS) is 52.8. The topological polar surface area (TPSA) is 38.7 Å². The molecule has 6 aliphatic rings. The average molecular weight is 429 g/mol. The fourth-order valence-corrected chi connectivity index (χ4v) is 8.71. The van der Waals surface area contributed by atoms with Gasteiger partial charge in [-0.1, -0.05) is 59.8 Å². The molecule has 4 aliphatic carbocycles. The number of fused-ring (bicyclic) bond motifs is 2. The lowest BCUT2D eigenvalue weighted by molar-refractivity contribution is -0.497. The molecular formula is C28H44O3. The molecule has 2 spiro atoms. The van der Waals surface area contributed by atoms with Crippen molar-refractivity contribution >= 4 is 0 Å². The maximum absolute atomic E-state index is 10.4. The summed E-state index contributed by atoms with van der Waals surface area (Å²) in [6, 6.07) is 0. The van der Waals surface area contributed by atoms with Crippen molar-refractivity contribution in [2.24, 2.45) is 46.3 Å². The maximum atomic E-state index is 10.4. The van der Waals surface area contributed by atoms with Crippen molar-refractivity contribution in [1.29, 1.82) is 0 Å². The Morgan fingerprint density at radius 3 is 2.35 bits per heavy atom. The van der Waals surface area contributed by atoms with Crippen LogP contribution in [0.3, 0.4) is 0 Å². The molecule has 31 heavy (non-hydrogen) atoms. The zero-order chi connectivity index (χ0) is 22.2. The number of rotatable bonds is 4. The zero-order valence-corrected chi connectivity index (χ0v) is 20.6. The predicted molar refractivity (Wildman–Crippen MR) is 124 cm³/mol. The van der Waals surface area contributed by atoms with E-state index < -0.39 is 5.60 Å². The van der Waals surface area contributed by atoms with Gasteiger partial charge in [-0.25, -0.2) is 9.78 Å². The molecule has 2 bridgehead atoms. The summed E-state index contributed by atoms with van der Waals surface area (Å²) < 4.78 is 0. The fraction of sp³-hybridized carbons (Fsp3) is 0.857. The van der Waals surface area contributed by atoms with Crippen LogP contribution in [0.5, 0.6) is 0 Å². The first-order valence-electron chi connectivity index (χ1n) is 13.0. The van der Waals surface area contributed by atoms with Gasteiger partial charge in [0.2, 0.25) is 0 Å². The summed E-state index contributed by atoms with van der Waals surface area (Å²) in [7, 11) is 0. The molecule has 3 saturated carbocycles. The molecule has 4 fully saturated rings. The quantitative estimate of drug-likeness (QED) is 0.412. The van der Waals surface area contributed by atoms with Crippen LogP contribution in [0.15, 0.2) is 24.3 Å². The van der Waals surface area contributed by atoms with Gasteiger partial charge in [0.05, 0.1) is 6.10 Å². The van der Waals surface area contributed by atoms with E-state index in [0.29, 0.717) is 41.9 Å². The number of aliphatic hydroxyl groups is 1.